The molecule has 0 aromatic heterocycles. The molecule has 0 bridgehead atoms. The molecule has 0 heterocycles. The van der Waals surface area contributed by atoms with Crippen LogP contribution >= 0.6 is 23.2 Å². The van der Waals surface area contributed by atoms with Crippen LogP contribution in [0.1, 0.15) is 5.56 Å². The van der Waals surface area contributed by atoms with Crippen LogP contribution in [0.15, 0.2) is 41.3 Å². The molecule has 1 N–H and O–H groups in total. The molecule has 1 amide bonds. The number of hydrogen-bond acceptors (Lipinski definition) is 5. The van der Waals surface area contributed by atoms with E-state index in [0.717, 1.165) is 22.5 Å². The highest BCUT2D eigenvalue weighted by atomic mass is 35.5. The zero-order chi connectivity index (χ0) is 20.4. The molecule has 2 aromatic carbocycles. The van der Waals surface area contributed by atoms with Crippen molar-refractivity contribution in [3.63, 3.8) is 0 Å². The Morgan fingerprint density at radius 3 is 2.41 bits per heavy atom. The number of nitrogens with one attached hydrogen (secondary N) is 1. The van der Waals surface area contributed by atoms with Crippen molar-refractivity contribution in [2.45, 2.75) is 11.8 Å². The van der Waals surface area contributed by atoms with Crippen molar-refractivity contribution in [1.82, 2.24) is 4.31 Å². The number of amides is 1. The number of carbonyl (C=O) groups is 1. The normalized spacial score (nSPS) is 11.4. The Balaban J connectivity index is 2.15. The number of rotatable bonds is 6. The average Bonchev–Trinajstić information content (AvgIpc) is 2.57. The topological polar surface area (TPSA) is 110 Å². The Hall–Kier alpha value is -2.20. The van der Waals surface area contributed by atoms with Gasteiger partial charge in [0.05, 0.1) is 26.4 Å². The molecule has 0 atom stereocenters. The van der Waals surface area contributed by atoms with Crippen molar-refractivity contribution in [1.29, 1.82) is 0 Å². The van der Waals surface area contributed by atoms with Crippen LogP contribution in [0.3, 0.4) is 0 Å². The first kappa shape index (κ1) is 21.1. The van der Waals surface area contributed by atoms with Crippen LogP contribution in [0, 0.1) is 17.0 Å². The highest BCUT2D eigenvalue weighted by Crippen LogP contribution is 2.26. The molecule has 0 radical (unpaired) electrons. The second-order valence-electron chi connectivity index (χ2n) is 5.65. The van der Waals surface area contributed by atoms with Crippen LogP contribution in [-0.2, 0) is 14.8 Å². The molecule has 2 rings (SSSR count). The van der Waals surface area contributed by atoms with E-state index in [1.807, 2.05) is 0 Å². The molecular formula is C16H15Cl2N3O5S. The molecule has 0 fully saturated rings. The first-order valence-corrected chi connectivity index (χ1v) is 9.68. The summed E-state index contributed by atoms with van der Waals surface area (Å²) < 4.78 is 26.2. The lowest BCUT2D eigenvalue weighted by atomic mass is 10.2. The Labute approximate surface area is 165 Å². The summed E-state index contributed by atoms with van der Waals surface area (Å²) >= 11 is 11.7. The number of non-ortho nitro benzene ring substituents is 1. The standard InChI is InChI=1S/C16H15Cl2N3O5S/c1-10-7-12(21(23)24)4-6-15(10)27(25,26)20(2)9-16(22)19-11-3-5-13(17)14(18)8-11/h3-8H,9H2,1-2H3,(H,19,22). The average molecular weight is 432 g/mol. The van der Waals surface area contributed by atoms with Gasteiger partial charge in [0.25, 0.3) is 5.69 Å². The van der Waals surface area contributed by atoms with Gasteiger partial charge in [0.15, 0.2) is 0 Å². The van der Waals surface area contributed by atoms with Crippen LogP contribution in [0.2, 0.25) is 10.0 Å². The molecule has 11 heteroatoms. The van der Waals surface area contributed by atoms with E-state index in [9.17, 15) is 23.3 Å². The van der Waals surface area contributed by atoms with Crippen LogP contribution in [0.5, 0.6) is 0 Å². The number of nitro groups is 1. The van der Waals surface area contributed by atoms with E-state index in [2.05, 4.69) is 5.32 Å². The fourth-order valence-electron chi connectivity index (χ4n) is 2.27. The lowest BCUT2D eigenvalue weighted by Gasteiger charge is -2.18. The van der Waals surface area contributed by atoms with Gasteiger partial charge in [-0.2, -0.15) is 4.31 Å². The Morgan fingerprint density at radius 1 is 1.19 bits per heavy atom. The number of anilines is 1. The summed E-state index contributed by atoms with van der Waals surface area (Å²) in [6.45, 7) is 0.989. The lowest BCUT2D eigenvalue weighted by Crippen LogP contribution is -2.35. The number of nitro benzene ring substituents is 1. The van der Waals surface area contributed by atoms with Crippen molar-refractivity contribution < 1.29 is 18.1 Å². The van der Waals surface area contributed by atoms with E-state index >= 15 is 0 Å². The molecule has 0 aliphatic heterocycles. The third kappa shape index (κ3) is 4.95. The SMILES string of the molecule is Cc1cc([N+](=O)[O-])ccc1S(=O)(=O)N(C)CC(=O)Nc1ccc(Cl)c(Cl)c1. The first-order chi connectivity index (χ1) is 12.5. The van der Waals surface area contributed by atoms with Crippen LogP contribution in [0.4, 0.5) is 11.4 Å². The summed E-state index contributed by atoms with van der Waals surface area (Å²) in [5, 5.41) is 13.9. The maximum atomic E-state index is 12.7. The number of carbonyl (C=O) groups excluding carboxylic acids is 1. The predicted molar refractivity (Wildman–Crippen MR) is 103 cm³/mol. The maximum Gasteiger partial charge on any atom is 0.269 e. The summed E-state index contributed by atoms with van der Waals surface area (Å²) in [6, 6.07) is 7.88. The maximum absolute atomic E-state index is 12.7. The predicted octanol–water partition coefficient (Wildman–Crippen LogP) is 3.47. The van der Waals surface area contributed by atoms with Gasteiger partial charge in [-0.05, 0) is 36.8 Å². The molecule has 0 saturated carbocycles. The molecule has 0 aliphatic carbocycles. The number of likely N-dealkylation sites (N-methyl/N-ethyl adjacent to an activating group) is 1. The third-order valence-electron chi connectivity index (χ3n) is 3.63. The number of halogens is 2. The van der Waals surface area contributed by atoms with Gasteiger partial charge in [-0.3, -0.25) is 14.9 Å². The van der Waals surface area contributed by atoms with Crippen LogP contribution in [-0.4, -0.2) is 37.1 Å². The summed E-state index contributed by atoms with van der Waals surface area (Å²) in [5.41, 5.74) is 0.360. The minimum atomic E-state index is -4.01. The van der Waals surface area contributed by atoms with Crippen molar-refractivity contribution in [2.24, 2.45) is 0 Å². The van der Waals surface area contributed by atoms with E-state index in [4.69, 9.17) is 23.2 Å². The highest BCUT2D eigenvalue weighted by molar-refractivity contribution is 7.89. The summed E-state index contributed by atoms with van der Waals surface area (Å²) in [4.78, 5) is 22.2. The molecule has 0 aliphatic rings. The minimum Gasteiger partial charge on any atom is -0.325 e. The molecule has 0 unspecified atom stereocenters. The van der Waals surface area contributed by atoms with Gasteiger partial charge in [0, 0.05) is 24.9 Å². The molecule has 8 nitrogen and oxygen atoms in total. The molecule has 0 spiro atoms. The molecule has 2 aromatic rings. The van der Waals surface area contributed by atoms with E-state index < -0.39 is 27.4 Å². The Kier molecular flexibility index (Phi) is 6.42. The lowest BCUT2D eigenvalue weighted by molar-refractivity contribution is -0.385. The first-order valence-electron chi connectivity index (χ1n) is 7.48. The van der Waals surface area contributed by atoms with E-state index in [0.29, 0.717) is 10.7 Å². The smallest absolute Gasteiger partial charge is 0.269 e. The highest BCUT2D eigenvalue weighted by Gasteiger charge is 2.26. The fourth-order valence-corrected chi connectivity index (χ4v) is 3.89. The number of hydrogen-bond donors (Lipinski definition) is 1. The van der Waals surface area contributed by atoms with E-state index in [1.54, 1.807) is 0 Å². The van der Waals surface area contributed by atoms with Gasteiger partial charge in [-0.15, -0.1) is 0 Å². The number of sulfonamides is 1. The van der Waals surface area contributed by atoms with Crippen molar-refractivity contribution in [2.75, 3.05) is 18.9 Å². The van der Waals surface area contributed by atoms with Crippen LogP contribution in [0.25, 0.3) is 0 Å². The number of nitrogens with zero attached hydrogens (tertiary/aromatic N) is 2. The summed E-state index contributed by atoms with van der Waals surface area (Å²) in [5.74, 6) is -0.584. The van der Waals surface area contributed by atoms with Crippen molar-refractivity contribution in [3.8, 4) is 0 Å². The third-order valence-corrected chi connectivity index (χ3v) is 6.33. The number of aryl methyl sites for hydroxylation is 1. The van der Waals surface area contributed by atoms with Gasteiger partial charge in [-0.1, -0.05) is 23.2 Å². The zero-order valence-electron chi connectivity index (χ0n) is 14.3. The summed E-state index contributed by atoms with van der Waals surface area (Å²) in [6.07, 6.45) is 0. The fraction of sp³-hybridized carbons (Fsp3) is 0.188. The van der Waals surface area contributed by atoms with Crippen molar-refractivity contribution in [3.05, 3.63) is 62.1 Å². The largest absolute Gasteiger partial charge is 0.325 e. The minimum absolute atomic E-state index is 0.113. The Morgan fingerprint density at radius 2 is 1.85 bits per heavy atom. The van der Waals surface area contributed by atoms with Gasteiger partial charge < -0.3 is 5.32 Å². The van der Waals surface area contributed by atoms with Crippen LogP contribution < -0.4 is 5.32 Å². The summed E-state index contributed by atoms with van der Waals surface area (Å²) in [7, 11) is -2.77. The molecule has 27 heavy (non-hydrogen) atoms. The second kappa shape index (κ2) is 8.22. The monoisotopic (exact) mass is 431 g/mol. The van der Waals surface area contributed by atoms with E-state index in [-0.39, 0.29) is 21.2 Å². The molecule has 144 valence electrons. The van der Waals surface area contributed by atoms with Gasteiger partial charge in [-0.25, -0.2) is 8.42 Å². The van der Waals surface area contributed by atoms with E-state index in [1.165, 1.54) is 32.2 Å². The van der Waals surface area contributed by atoms with Gasteiger partial charge in [0.2, 0.25) is 15.9 Å². The Bertz CT molecular complexity index is 1010. The molecular weight excluding hydrogens is 417 g/mol. The second-order valence-corrected chi connectivity index (χ2v) is 8.47. The number of benzene rings is 2. The quantitative estimate of drug-likeness (QED) is 0.555. The van der Waals surface area contributed by atoms with Crippen molar-refractivity contribution >= 4 is 50.5 Å². The van der Waals surface area contributed by atoms with Gasteiger partial charge >= 0.3 is 0 Å². The molecule has 0 saturated heterocycles. The zero-order valence-corrected chi connectivity index (χ0v) is 16.6. The van der Waals surface area contributed by atoms with Gasteiger partial charge in [0.1, 0.15) is 0 Å².